The number of pyridine rings is 1. The van der Waals surface area contributed by atoms with Gasteiger partial charge in [-0.3, -0.25) is 14.6 Å². The van der Waals surface area contributed by atoms with Crippen LogP contribution in [-0.2, 0) is 32.3 Å². The number of ether oxygens (including phenoxy) is 2. The van der Waals surface area contributed by atoms with Crippen LogP contribution in [0.15, 0.2) is 6.20 Å². The van der Waals surface area contributed by atoms with Crippen LogP contribution in [0.5, 0.6) is 5.75 Å². The summed E-state index contributed by atoms with van der Waals surface area (Å²) in [5, 5.41) is 9.86. The topological polar surface area (TPSA) is 85.7 Å². The zero-order valence-electron chi connectivity index (χ0n) is 10.9. The standard InChI is InChI=1S/C12H15NO5.ClH/c1-7-12(16)11(6-18-9(3)15)10(4-13-7)5-17-8(2)14;/h4,16H,5-6H2,1-3H3;1H. The van der Waals surface area contributed by atoms with Gasteiger partial charge in [0, 0.05) is 31.2 Å². The highest BCUT2D eigenvalue weighted by Gasteiger charge is 2.14. The van der Waals surface area contributed by atoms with E-state index < -0.39 is 11.9 Å². The van der Waals surface area contributed by atoms with Gasteiger partial charge in [0.15, 0.2) is 0 Å². The third kappa shape index (κ3) is 5.13. The molecule has 0 bridgehead atoms. The van der Waals surface area contributed by atoms with Gasteiger partial charge in [-0.15, -0.1) is 12.4 Å². The van der Waals surface area contributed by atoms with Crippen LogP contribution in [0.1, 0.15) is 30.7 Å². The Hall–Kier alpha value is -1.82. The first-order valence-corrected chi connectivity index (χ1v) is 5.35. The molecule has 1 aromatic heterocycles. The van der Waals surface area contributed by atoms with Gasteiger partial charge >= 0.3 is 11.9 Å². The fourth-order valence-electron chi connectivity index (χ4n) is 1.32. The molecule has 0 saturated carbocycles. The minimum absolute atomic E-state index is 0. The van der Waals surface area contributed by atoms with Crippen LogP contribution in [-0.4, -0.2) is 22.0 Å². The van der Waals surface area contributed by atoms with Gasteiger partial charge in [-0.2, -0.15) is 0 Å². The first-order valence-electron chi connectivity index (χ1n) is 5.35. The van der Waals surface area contributed by atoms with Crippen molar-refractivity contribution in [3.8, 4) is 5.75 Å². The first-order chi connectivity index (χ1) is 8.41. The second kappa shape index (κ2) is 7.58. The maximum Gasteiger partial charge on any atom is 0.302 e. The van der Waals surface area contributed by atoms with E-state index in [2.05, 4.69) is 4.98 Å². The minimum atomic E-state index is -0.456. The number of hydrogen-bond donors (Lipinski definition) is 1. The Kier molecular flexibility index (Phi) is 6.85. The fourth-order valence-corrected chi connectivity index (χ4v) is 1.32. The Bertz CT molecular complexity index is 475. The van der Waals surface area contributed by atoms with Crippen LogP contribution in [0.25, 0.3) is 0 Å². The van der Waals surface area contributed by atoms with E-state index in [0.717, 1.165) is 0 Å². The summed E-state index contributed by atoms with van der Waals surface area (Å²) >= 11 is 0. The summed E-state index contributed by atoms with van der Waals surface area (Å²) in [6, 6.07) is 0. The van der Waals surface area contributed by atoms with Crippen molar-refractivity contribution in [2.45, 2.75) is 34.0 Å². The maximum atomic E-state index is 10.8. The minimum Gasteiger partial charge on any atom is -0.506 e. The molecule has 0 aliphatic heterocycles. The van der Waals surface area contributed by atoms with Crippen LogP contribution in [0.2, 0.25) is 0 Å². The summed E-state index contributed by atoms with van der Waals surface area (Å²) < 4.78 is 9.68. The summed E-state index contributed by atoms with van der Waals surface area (Å²) in [7, 11) is 0. The summed E-state index contributed by atoms with van der Waals surface area (Å²) in [5.74, 6) is -0.947. The van der Waals surface area contributed by atoms with E-state index in [1.807, 2.05) is 0 Å². The average Bonchev–Trinajstić information content (AvgIpc) is 2.29. The van der Waals surface area contributed by atoms with Gasteiger partial charge in [-0.25, -0.2) is 0 Å². The van der Waals surface area contributed by atoms with Gasteiger partial charge in [0.05, 0.1) is 5.69 Å². The molecule has 1 aromatic rings. The number of carbonyl (C=O) groups is 2. The smallest absolute Gasteiger partial charge is 0.302 e. The second-order valence-corrected chi connectivity index (χ2v) is 3.76. The lowest BCUT2D eigenvalue weighted by Crippen LogP contribution is -2.07. The molecule has 0 aromatic carbocycles. The molecule has 0 aliphatic carbocycles. The summed E-state index contributed by atoms with van der Waals surface area (Å²) in [6.07, 6.45) is 1.48. The summed E-state index contributed by atoms with van der Waals surface area (Å²) in [4.78, 5) is 25.5. The molecule has 0 unspecified atom stereocenters. The van der Waals surface area contributed by atoms with Gasteiger partial charge in [0.1, 0.15) is 19.0 Å². The number of esters is 2. The highest BCUT2D eigenvalue weighted by Crippen LogP contribution is 2.25. The van der Waals surface area contributed by atoms with Gasteiger partial charge in [-0.05, 0) is 6.92 Å². The summed E-state index contributed by atoms with van der Waals surface area (Å²) in [5.41, 5.74) is 1.33. The van der Waals surface area contributed by atoms with Crippen molar-refractivity contribution in [2.24, 2.45) is 0 Å². The second-order valence-electron chi connectivity index (χ2n) is 3.76. The van der Waals surface area contributed by atoms with Crippen LogP contribution in [0, 0.1) is 6.92 Å². The quantitative estimate of drug-likeness (QED) is 0.848. The molecule has 106 valence electrons. The molecule has 0 fully saturated rings. The molecule has 0 saturated heterocycles. The van der Waals surface area contributed by atoms with Crippen molar-refractivity contribution < 1.29 is 24.2 Å². The lowest BCUT2D eigenvalue weighted by atomic mass is 10.1. The van der Waals surface area contributed by atoms with Crippen molar-refractivity contribution in [1.82, 2.24) is 4.98 Å². The Morgan fingerprint density at radius 3 is 2.26 bits per heavy atom. The van der Waals surface area contributed by atoms with Crippen molar-refractivity contribution in [1.29, 1.82) is 0 Å². The molecule has 0 spiro atoms. The number of carbonyl (C=O) groups excluding carboxylic acids is 2. The van der Waals surface area contributed by atoms with E-state index in [1.54, 1.807) is 6.92 Å². The normalized spacial score (nSPS) is 9.42. The Labute approximate surface area is 117 Å². The zero-order valence-corrected chi connectivity index (χ0v) is 11.7. The predicted octanol–water partition coefficient (Wildman–Crippen LogP) is 1.64. The molecular formula is C12H16ClNO5. The number of aromatic nitrogens is 1. The number of rotatable bonds is 4. The molecule has 1 rings (SSSR count). The Morgan fingerprint density at radius 2 is 1.74 bits per heavy atom. The van der Waals surface area contributed by atoms with E-state index in [-0.39, 0.29) is 31.4 Å². The molecule has 0 aliphatic rings. The van der Waals surface area contributed by atoms with Gasteiger partial charge in [0.2, 0.25) is 0 Å². The van der Waals surface area contributed by atoms with Crippen molar-refractivity contribution in [3.05, 3.63) is 23.0 Å². The van der Waals surface area contributed by atoms with Crippen LogP contribution in [0.3, 0.4) is 0 Å². The van der Waals surface area contributed by atoms with Crippen molar-refractivity contribution >= 4 is 24.3 Å². The van der Waals surface area contributed by atoms with Crippen LogP contribution >= 0.6 is 12.4 Å². The largest absolute Gasteiger partial charge is 0.506 e. The van der Waals surface area contributed by atoms with Gasteiger partial charge in [-0.1, -0.05) is 0 Å². The zero-order chi connectivity index (χ0) is 13.7. The van der Waals surface area contributed by atoms with Crippen LogP contribution < -0.4 is 0 Å². The molecule has 1 heterocycles. The molecule has 6 nitrogen and oxygen atoms in total. The molecule has 0 amide bonds. The molecular weight excluding hydrogens is 274 g/mol. The SMILES string of the molecule is CC(=O)OCc1cnc(C)c(O)c1COC(C)=O.Cl. The molecule has 7 heteroatoms. The number of aromatic hydroxyl groups is 1. The third-order valence-electron chi connectivity index (χ3n) is 2.28. The van der Waals surface area contributed by atoms with Crippen molar-refractivity contribution in [3.63, 3.8) is 0 Å². The Morgan fingerprint density at radius 1 is 1.21 bits per heavy atom. The highest BCUT2D eigenvalue weighted by molar-refractivity contribution is 5.85. The number of aryl methyl sites for hydroxylation is 1. The number of hydrogen-bond acceptors (Lipinski definition) is 6. The van der Waals surface area contributed by atoms with Crippen molar-refractivity contribution in [2.75, 3.05) is 0 Å². The molecule has 0 radical (unpaired) electrons. The Balaban J connectivity index is 0.00000324. The fraction of sp³-hybridized carbons (Fsp3) is 0.417. The van der Waals surface area contributed by atoms with E-state index >= 15 is 0 Å². The lowest BCUT2D eigenvalue weighted by molar-refractivity contribution is -0.144. The maximum absolute atomic E-state index is 10.8. The molecule has 0 atom stereocenters. The third-order valence-corrected chi connectivity index (χ3v) is 2.28. The lowest BCUT2D eigenvalue weighted by Gasteiger charge is -2.12. The van der Waals surface area contributed by atoms with Gasteiger partial charge < -0.3 is 14.6 Å². The first kappa shape index (κ1) is 17.2. The average molecular weight is 290 g/mol. The van der Waals surface area contributed by atoms with E-state index in [4.69, 9.17) is 9.47 Å². The number of nitrogens with zero attached hydrogens (tertiary/aromatic N) is 1. The molecule has 1 N–H and O–H groups in total. The van der Waals surface area contributed by atoms with E-state index in [9.17, 15) is 14.7 Å². The monoisotopic (exact) mass is 289 g/mol. The van der Waals surface area contributed by atoms with E-state index in [0.29, 0.717) is 16.8 Å². The predicted molar refractivity (Wildman–Crippen MR) is 68.8 cm³/mol. The van der Waals surface area contributed by atoms with E-state index in [1.165, 1.54) is 20.0 Å². The summed E-state index contributed by atoms with van der Waals surface area (Å²) in [6.45, 7) is 4.08. The highest BCUT2D eigenvalue weighted by atomic mass is 35.5. The van der Waals surface area contributed by atoms with Gasteiger partial charge in [0.25, 0.3) is 0 Å². The van der Waals surface area contributed by atoms with Crippen LogP contribution in [0.4, 0.5) is 0 Å². The molecule has 19 heavy (non-hydrogen) atoms. The number of halogens is 1.